The van der Waals surface area contributed by atoms with Gasteiger partial charge in [0, 0.05) is 233 Å². The van der Waals surface area contributed by atoms with Gasteiger partial charge in [-0.05, 0) is 133 Å². The van der Waals surface area contributed by atoms with Gasteiger partial charge >= 0.3 is 0 Å². The van der Waals surface area contributed by atoms with Crippen LogP contribution in [0.25, 0.3) is 122 Å². The number of nitrogens with zero attached hydrogens (tertiary/aromatic N) is 8. The second kappa shape index (κ2) is 59.4. The predicted molar refractivity (Wildman–Crippen MR) is 493 cm³/mol. The van der Waals surface area contributed by atoms with Gasteiger partial charge in [-0.15, -0.1) is 249 Å². The zero-order valence-electron chi connectivity index (χ0n) is 72.4. The Labute approximate surface area is 871 Å². The number of hydrogen-bond acceptors (Lipinski definition) is 11. The van der Waals surface area contributed by atoms with Crippen molar-refractivity contribution in [3.8, 4) is 107 Å². The molecule has 0 fully saturated rings. The van der Waals surface area contributed by atoms with E-state index in [1.165, 1.54) is 66.9 Å². The fraction of sp³-hybridized carbons (Fsp3) is 0.0909. The molecule has 19 rings (SSSR count). The van der Waals surface area contributed by atoms with Crippen LogP contribution in [0.4, 0.5) is 4.39 Å². The topological polar surface area (TPSA) is 131 Å². The summed E-state index contributed by atoms with van der Waals surface area (Å²) in [5.74, 6) is 2.24. The minimum atomic E-state index is -0.278. The average molecular weight is 3130 g/mol. The van der Waals surface area contributed by atoms with E-state index >= 15 is 0 Å². The van der Waals surface area contributed by atoms with Gasteiger partial charge in [0.25, 0.3) is 0 Å². The number of aromatic nitrogens is 8. The van der Waals surface area contributed by atoms with Crippen molar-refractivity contribution in [1.82, 2.24) is 39.9 Å². The fourth-order valence-electron chi connectivity index (χ4n) is 12.6. The Morgan fingerprint density at radius 3 is 0.846 bits per heavy atom. The number of ether oxygens (including phenoxy) is 3. The van der Waals surface area contributed by atoms with Crippen molar-refractivity contribution in [1.29, 1.82) is 0 Å². The molecule has 0 saturated heterocycles. The van der Waals surface area contributed by atoms with Crippen molar-refractivity contribution in [2.75, 3.05) is 21.3 Å². The van der Waals surface area contributed by atoms with Crippen LogP contribution >= 0.6 is 0 Å². The van der Waals surface area contributed by atoms with Crippen LogP contribution in [0.15, 0.2) is 359 Å². The van der Waals surface area contributed by atoms with Crippen molar-refractivity contribution in [2.45, 2.75) is 48.5 Å². The molecule has 19 aromatic rings. The molecule has 20 heteroatoms. The molecule has 8 radical (unpaired) electrons. The molecule has 0 aliphatic rings. The minimum Gasteiger partial charge on any atom is -0.540 e. The second-order valence-corrected chi connectivity index (χ2v) is 28.1. The molecule has 0 spiro atoms. The third kappa shape index (κ3) is 33.6. The third-order valence-corrected chi connectivity index (χ3v) is 19.1. The summed E-state index contributed by atoms with van der Waals surface area (Å²) >= 11 is 0. The number of halogens is 1. The normalized spacial score (nSPS) is 9.62. The molecule has 0 unspecified atom stereocenters. The fourth-order valence-corrected chi connectivity index (χ4v) is 12.6. The molecule has 11 nitrogen and oxygen atoms in total. The van der Waals surface area contributed by atoms with E-state index in [4.69, 9.17) is 14.2 Å². The van der Waals surface area contributed by atoms with Crippen LogP contribution < -0.4 is 14.2 Å². The Balaban J connectivity index is 0.000000309. The number of methoxy groups -OCH3 is 3. The first-order valence-electron chi connectivity index (χ1n) is 39.6. The largest absolute Gasteiger partial charge is 0.540 e. The van der Waals surface area contributed by atoms with Crippen molar-refractivity contribution in [3.63, 3.8) is 0 Å². The quantitative estimate of drug-likeness (QED) is 0.115. The first-order valence-corrected chi connectivity index (χ1v) is 39.6. The van der Waals surface area contributed by atoms with Gasteiger partial charge in [-0.2, -0.15) is 0 Å². The molecule has 8 heterocycles. The van der Waals surface area contributed by atoms with Crippen molar-refractivity contribution in [3.05, 3.63) is 452 Å². The Morgan fingerprint density at radius 1 is 0.223 bits per heavy atom. The maximum atomic E-state index is 12.6. The maximum Gasteiger partial charge on any atom is 0.0647 e. The molecule has 674 valence electrons. The summed E-state index contributed by atoms with van der Waals surface area (Å²) in [6.45, 7) is 14.4. The minimum absolute atomic E-state index is 0. The molecule has 0 aliphatic heterocycles. The second-order valence-electron chi connectivity index (χ2n) is 28.1. The van der Waals surface area contributed by atoms with E-state index in [0.717, 1.165) is 124 Å². The van der Waals surface area contributed by atoms with Gasteiger partial charge < -0.3 is 54.1 Å². The van der Waals surface area contributed by atoms with Gasteiger partial charge in [-0.25, -0.2) is 0 Å². The summed E-state index contributed by atoms with van der Waals surface area (Å²) in [7, 11) is 4.98. The summed E-state index contributed by atoms with van der Waals surface area (Å²) in [5, 5.41) is 7.11. The molecular formula is C110H89FIr8N8O3-8. The van der Waals surface area contributed by atoms with E-state index in [0.29, 0.717) is 0 Å². The predicted octanol–water partition coefficient (Wildman–Crippen LogP) is 26.2. The smallest absolute Gasteiger partial charge is 0.0647 e. The summed E-state index contributed by atoms with van der Waals surface area (Å²) in [6.07, 6.45) is 14.4. The first kappa shape index (κ1) is 112. The molecular weight excluding hydrogens is 3040 g/mol. The maximum absolute atomic E-state index is 12.6. The number of aryl methyl sites for hydroxylation is 7. The molecule has 11 aromatic carbocycles. The van der Waals surface area contributed by atoms with E-state index in [9.17, 15) is 4.39 Å². The zero-order valence-corrected chi connectivity index (χ0v) is 91.6. The van der Waals surface area contributed by atoms with Gasteiger partial charge in [0.1, 0.15) is 0 Å². The monoisotopic (exact) mass is 3130 g/mol. The zero-order chi connectivity index (χ0) is 85.2. The van der Waals surface area contributed by atoms with Crippen LogP contribution in [0, 0.1) is 103 Å². The van der Waals surface area contributed by atoms with E-state index in [1.807, 2.05) is 239 Å². The standard InChI is InChI=1S/C17H14NO.2C16H12N.C13H12NO.C13H12N.C12H10NO.C12H10N.C11H7FN.8Ir/c1-12-11-14(7-8-16(12)19-2)17-15-6-4-3-5-13(15)9-10-18-17;2*1-12-6-8-14(9-7-12)16-15-5-3-2-4-13(15)10-11-17-16;1-10-9-11(6-7-13(10)15-2)12-5-3-4-8-14-12;1-10-3-5-12(6-4-10)13-9-11(2)7-8-14-13;1-14-11-7-5-10(6-8-11)12-4-2-3-9-13-12;1-10-5-7-11(8-6-10)12-4-2-3-9-13-12;12-10-6-4-9(5-7-10)11-3-1-2-8-13-11;;;;;;;;/h3-6,8-11H,1-2H3;2*2-8,10-11H,1H3;3-5,7-9H,1-2H3;3-5,7-9H,1-2H3;2-5,7-9H,1H3;2-7,9H,1H3;1-4,6-8H;;;;;;;;/q8*-1;;;;;;;;. The van der Waals surface area contributed by atoms with Crippen molar-refractivity contribution < 1.29 is 179 Å². The molecule has 0 amide bonds. The Hall–Kier alpha value is -10.1. The number of hydrogen-bond donors (Lipinski definition) is 0. The van der Waals surface area contributed by atoms with Crippen LogP contribution in [0.3, 0.4) is 0 Å². The molecule has 0 aliphatic carbocycles. The number of pyridine rings is 8. The van der Waals surface area contributed by atoms with Crippen molar-refractivity contribution in [2.24, 2.45) is 0 Å². The first-order chi connectivity index (χ1) is 59.7. The van der Waals surface area contributed by atoms with Crippen LogP contribution in [-0.4, -0.2) is 61.2 Å². The number of fused-ring (bicyclic) bond motifs is 3. The van der Waals surface area contributed by atoms with Crippen molar-refractivity contribution >= 4 is 32.3 Å². The third-order valence-electron chi connectivity index (χ3n) is 19.1. The molecule has 0 bridgehead atoms. The number of benzene rings is 11. The van der Waals surface area contributed by atoms with Gasteiger partial charge in [0.15, 0.2) is 0 Å². The SMILES string of the molecule is COc1c[c-]c(-c2ccccn2)cc1.COc1c[c-]c(-c2ccccn2)cc1C.COc1c[c-]c(-c2nccc3ccccc23)cc1C.Cc1c[c-]c(-c2cc(C)ccn2)cc1.Cc1c[c-]c(-c2ccccn2)cc1.Cc1c[c-]c(-c2nccc3ccccc23)cc1.Cc1c[c-]c(-c2nccc3ccccc23)cc1.Fc1c[c-]c(-c2ccccn2)cc1.[Ir].[Ir].[Ir].[Ir].[Ir].[Ir].[Ir].[Ir]. The molecule has 0 saturated carbocycles. The summed E-state index contributed by atoms with van der Waals surface area (Å²) < 4.78 is 28.1. The Kier molecular flexibility index (Phi) is 51.2. The van der Waals surface area contributed by atoms with E-state index in [1.54, 1.807) is 52.2 Å². The molecule has 0 atom stereocenters. The van der Waals surface area contributed by atoms with Crippen LogP contribution in [-0.2, 0) is 161 Å². The van der Waals surface area contributed by atoms with Gasteiger partial charge in [0.2, 0.25) is 0 Å². The van der Waals surface area contributed by atoms with Crippen LogP contribution in [0.1, 0.15) is 38.9 Å². The molecule has 0 N–H and O–H groups in total. The molecule has 8 aromatic heterocycles. The average Bonchev–Trinajstić information content (AvgIpc) is 0.807. The Morgan fingerprint density at radius 2 is 0.523 bits per heavy atom. The van der Waals surface area contributed by atoms with Crippen LogP contribution in [0.5, 0.6) is 17.2 Å². The van der Waals surface area contributed by atoms with Gasteiger partial charge in [-0.1, -0.05) is 186 Å². The number of rotatable bonds is 11. The van der Waals surface area contributed by atoms with Gasteiger partial charge in [-0.3, -0.25) is 4.39 Å². The van der Waals surface area contributed by atoms with Crippen LogP contribution in [0.2, 0.25) is 0 Å². The molecule has 130 heavy (non-hydrogen) atoms. The van der Waals surface area contributed by atoms with E-state index in [-0.39, 0.29) is 167 Å². The summed E-state index contributed by atoms with van der Waals surface area (Å²) in [4.78, 5) is 34.6. The summed E-state index contributed by atoms with van der Waals surface area (Å²) in [6, 6.07) is 126. The van der Waals surface area contributed by atoms with E-state index in [2.05, 4.69) is 214 Å². The Bertz CT molecular complexity index is 6260. The van der Waals surface area contributed by atoms with Gasteiger partial charge in [0.05, 0.1) is 21.3 Å². The summed E-state index contributed by atoms with van der Waals surface area (Å²) in [5.41, 5.74) is 23.9. The van der Waals surface area contributed by atoms with E-state index < -0.39 is 0 Å².